The Kier molecular flexibility index (Phi) is 11.7. The van der Waals surface area contributed by atoms with Gasteiger partial charge in [-0.25, -0.2) is 0 Å². The van der Waals surface area contributed by atoms with Crippen LogP contribution in [-0.2, 0) is 0 Å². The van der Waals surface area contributed by atoms with Crippen molar-refractivity contribution in [3.05, 3.63) is 0 Å². The number of hydrogen-bond acceptors (Lipinski definition) is 1. The molecule has 0 fully saturated rings. The van der Waals surface area contributed by atoms with E-state index in [1.807, 2.05) is 0 Å². The molecule has 0 aromatic carbocycles. The molecule has 0 saturated heterocycles. The normalized spacial score (nSPS) is 16.6. The fourth-order valence-corrected chi connectivity index (χ4v) is 2.77. The number of hydrogen-bond donors (Lipinski definition) is 1. The molecule has 19 heavy (non-hydrogen) atoms. The highest BCUT2D eigenvalue weighted by Crippen LogP contribution is 2.21. The molecule has 0 rings (SSSR count). The standard InChI is InChI=1S/C18H39N/c1-15(2)9-6-10-16(3)11-7-12-17(4)13-8-14-18(5)19/h15-18H,6-14,19H2,1-5H3. The maximum absolute atomic E-state index is 5.79. The van der Waals surface area contributed by atoms with Crippen LogP contribution in [0.15, 0.2) is 0 Å². The Morgan fingerprint density at radius 2 is 0.947 bits per heavy atom. The van der Waals surface area contributed by atoms with Crippen molar-refractivity contribution >= 4 is 0 Å². The zero-order valence-corrected chi connectivity index (χ0v) is 14.3. The van der Waals surface area contributed by atoms with Crippen LogP contribution < -0.4 is 5.73 Å². The fourth-order valence-electron chi connectivity index (χ4n) is 2.77. The monoisotopic (exact) mass is 269 g/mol. The van der Waals surface area contributed by atoms with Crippen LogP contribution in [0.5, 0.6) is 0 Å². The van der Waals surface area contributed by atoms with E-state index in [9.17, 15) is 0 Å². The summed E-state index contributed by atoms with van der Waals surface area (Å²) < 4.78 is 0. The summed E-state index contributed by atoms with van der Waals surface area (Å²) in [7, 11) is 0. The molecule has 0 saturated carbocycles. The van der Waals surface area contributed by atoms with Gasteiger partial charge in [-0.1, -0.05) is 79.1 Å². The molecule has 0 bridgehead atoms. The number of nitrogens with two attached hydrogens (primary N) is 1. The lowest BCUT2D eigenvalue weighted by Gasteiger charge is -2.15. The Labute approximate surface area is 122 Å². The molecular weight excluding hydrogens is 230 g/mol. The first-order chi connectivity index (χ1) is 8.91. The third kappa shape index (κ3) is 14.2. The van der Waals surface area contributed by atoms with Gasteiger partial charge in [0.1, 0.15) is 0 Å². The van der Waals surface area contributed by atoms with E-state index in [0.717, 1.165) is 17.8 Å². The largest absolute Gasteiger partial charge is 0.328 e. The van der Waals surface area contributed by atoms with Crippen molar-refractivity contribution in [3.8, 4) is 0 Å². The molecular formula is C18H39N. The first-order valence-corrected chi connectivity index (χ1v) is 8.67. The highest BCUT2D eigenvalue weighted by molar-refractivity contribution is 4.61. The second-order valence-corrected chi connectivity index (χ2v) is 7.37. The van der Waals surface area contributed by atoms with Gasteiger partial charge in [-0.3, -0.25) is 0 Å². The molecule has 0 amide bonds. The molecule has 3 unspecified atom stereocenters. The van der Waals surface area contributed by atoms with Crippen LogP contribution in [0.25, 0.3) is 0 Å². The van der Waals surface area contributed by atoms with Gasteiger partial charge >= 0.3 is 0 Å². The first-order valence-electron chi connectivity index (χ1n) is 8.67. The van der Waals surface area contributed by atoms with E-state index in [-0.39, 0.29) is 0 Å². The van der Waals surface area contributed by atoms with E-state index in [4.69, 9.17) is 5.73 Å². The Morgan fingerprint density at radius 3 is 1.32 bits per heavy atom. The van der Waals surface area contributed by atoms with Crippen LogP contribution in [-0.4, -0.2) is 6.04 Å². The van der Waals surface area contributed by atoms with E-state index in [1.165, 1.54) is 57.8 Å². The van der Waals surface area contributed by atoms with Crippen LogP contribution in [0.1, 0.15) is 92.4 Å². The Hall–Kier alpha value is -0.0400. The molecule has 0 radical (unpaired) electrons. The van der Waals surface area contributed by atoms with E-state index < -0.39 is 0 Å². The maximum Gasteiger partial charge on any atom is 0.00104 e. The fraction of sp³-hybridized carbons (Fsp3) is 1.00. The molecule has 0 aromatic heterocycles. The van der Waals surface area contributed by atoms with Crippen LogP contribution in [0.3, 0.4) is 0 Å². The molecule has 116 valence electrons. The van der Waals surface area contributed by atoms with E-state index >= 15 is 0 Å². The summed E-state index contributed by atoms with van der Waals surface area (Å²) in [6.45, 7) is 11.6. The van der Waals surface area contributed by atoms with Crippen LogP contribution >= 0.6 is 0 Å². The van der Waals surface area contributed by atoms with Crippen molar-refractivity contribution in [2.75, 3.05) is 0 Å². The summed E-state index contributed by atoms with van der Waals surface area (Å²) in [6, 6.07) is 0.383. The lowest BCUT2D eigenvalue weighted by atomic mass is 9.91. The van der Waals surface area contributed by atoms with Gasteiger partial charge in [-0.15, -0.1) is 0 Å². The van der Waals surface area contributed by atoms with Gasteiger partial charge in [0.2, 0.25) is 0 Å². The van der Waals surface area contributed by atoms with Gasteiger partial charge in [0, 0.05) is 6.04 Å². The third-order valence-electron chi connectivity index (χ3n) is 4.23. The average molecular weight is 270 g/mol. The van der Waals surface area contributed by atoms with Gasteiger partial charge in [-0.05, 0) is 31.1 Å². The molecule has 2 N–H and O–H groups in total. The molecule has 0 aliphatic carbocycles. The average Bonchev–Trinajstić information content (AvgIpc) is 2.27. The molecule has 0 aliphatic rings. The minimum absolute atomic E-state index is 0.383. The quantitative estimate of drug-likeness (QED) is 0.478. The van der Waals surface area contributed by atoms with E-state index in [1.54, 1.807) is 0 Å². The molecule has 3 atom stereocenters. The Balaban J connectivity index is 3.40. The van der Waals surface area contributed by atoms with Gasteiger partial charge < -0.3 is 5.73 Å². The molecule has 0 aliphatic heterocycles. The van der Waals surface area contributed by atoms with Crippen LogP contribution in [0, 0.1) is 17.8 Å². The predicted octanol–water partition coefficient (Wildman–Crippen LogP) is 5.77. The zero-order chi connectivity index (χ0) is 14.7. The summed E-state index contributed by atoms with van der Waals surface area (Å²) in [6.07, 6.45) is 12.4. The minimum atomic E-state index is 0.383. The van der Waals surface area contributed by atoms with E-state index in [2.05, 4.69) is 34.6 Å². The SMILES string of the molecule is CC(C)CCCC(C)CCCC(C)CCCC(C)N. The van der Waals surface area contributed by atoms with Gasteiger partial charge in [0.25, 0.3) is 0 Å². The second-order valence-electron chi connectivity index (χ2n) is 7.37. The third-order valence-corrected chi connectivity index (χ3v) is 4.23. The lowest BCUT2D eigenvalue weighted by Crippen LogP contribution is -2.14. The summed E-state index contributed by atoms with van der Waals surface area (Å²) in [5, 5.41) is 0. The molecule has 1 nitrogen and oxygen atoms in total. The van der Waals surface area contributed by atoms with Crippen molar-refractivity contribution in [3.63, 3.8) is 0 Å². The maximum atomic E-state index is 5.79. The van der Waals surface area contributed by atoms with Crippen LogP contribution in [0.4, 0.5) is 0 Å². The molecule has 1 heteroatoms. The van der Waals surface area contributed by atoms with Gasteiger partial charge in [0.05, 0.1) is 0 Å². The van der Waals surface area contributed by atoms with Gasteiger partial charge in [-0.2, -0.15) is 0 Å². The predicted molar refractivity (Wildman–Crippen MR) is 88.4 cm³/mol. The number of rotatable bonds is 12. The highest BCUT2D eigenvalue weighted by atomic mass is 14.6. The molecule has 0 heterocycles. The summed E-state index contributed by atoms with van der Waals surface area (Å²) >= 11 is 0. The van der Waals surface area contributed by atoms with Crippen molar-refractivity contribution < 1.29 is 0 Å². The molecule has 0 aromatic rings. The van der Waals surface area contributed by atoms with Crippen molar-refractivity contribution in [1.29, 1.82) is 0 Å². The van der Waals surface area contributed by atoms with Crippen molar-refractivity contribution in [2.24, 2.45) is 23.5 Å². The second kappa shape index (κ2) is 11.8. The van der Waals surface area contributed by atoms with Gasteiger partial charge in [0.15, 0.2) is 0 Å². The Morgan fingerprint density at radius 1 is 0.579 bits per heavy atom. The topological polar surface area (TPSA) is 26.0 Å². The summed E-state index contributed by atoms with van der Waals surface area (Å²) in [4.78, 5) is 0. The smallest absolute Gasteiger partial charge is 0.00104 e. The van der Waals surface area contributed by atoms with Crippen molar-refractivity contribution in [2.45, 2.75) is 98.4 Å². The summed E-state index contributed by atoms with van der Waals surface area (Å²) in [5.74, 6) is 2.69. The first kappa shape index (κ1) is 19.0. The lowest BCUT2D eigenvalue weighted by molar-refractivity contribution is 0.384. The highest BCUT2D eigenvalue weighted by Gasteiger charge is 2.06. The Bertz CT molecular complexity index is 166. The minimum Gasteiger partial charge on any atom is -0.328 e. The summed E-state index contributed by atoms with van der Waals surface area (Å²) in [5.41, 5.74) is 5.79. The molecule has 0 spiro atoms. The van der Waals surface area contributed by atoms with E-state index in [0.29, 0.717) is 6.04 Å². The van der Waals surface area contributed by atoms with Crippen LogP contribution in [0.2, 0.25) is 0 Å². The zero-order valence-electron chi connectivity index (χ0n) is 14.3. The van der Waals surface area contributed by atoms with Crippen molar-refractivity contribution in [1.82, 2.24) is 0 Å².